The first-order valence-corrected chi connectivity index (χ1v) is 9.05. The van der Waals surface area contributed by atoms with Crippen molar-refractivity contribution in [3.8, 4) is 0 Å². The van der Waals surface area contributed by atoms with Gasteiger partial charge in [-0.2, -0.15) is 4.31 Å². The summed E-state index contributed by atoms with van der Waals surface area (Å²) in [6.45, 7) is 4.36. The molecule has 2 aliphatic rings. The van der Waals surface area contributed by atoms with E-state index in [0.717, 1.165) is 6.54 Å². The van der Waals surface area contributed by atoms with Crippen LogP contribution in [0.2, 0.25) is 0 Å². The van der Waals surface area contributed by atoms with Crippen LogP contribution in [0.5, 0.6) is 0 Å². The molecule has 0 amide bonds. The van der Waals surface area contributed by atoms with Gasteiger partial charge in [0.05, 0.1) is 6.26 Å². The molecule has 1 aliphatic heterocycles. The fourth-order valence-corrected chi connectivity index (χ4v) is 3.77. The Morgan fingerprint density at radius 3 is 2.50 bits per heavy atom. The molecule has 1 aliphatic carbocycles. The lowest BCUT2D eigenvalue weighted by molar-refractivity contribution is 0.0748. The van der Waals surface area contributed by atoms with Gasteiger partial charge in [-0.05, 0) is 25.3 Å². The second-order valence-electron chi connectivity index (χ2n) is 6.13. The fourth-order valence-electron chi connectivity index (χ4n) is 2.88. The molecule has 20 heavy (non-hydrogen) atoms. The van der Waals surface area contributed by atoms with E-state index < -0.39 is 10.0 Å². The lowest BCUT2D eigenvalue weighted by Crippen LogP contribution is -2.60. The predicted octanol–water partition coefficient (Wildman–Crippen LogP) is 1.60. The number of benzene rings is 1. The number of hydrogen-bond donors (Lipinski definition) is 0. The Kier molecular flexibility index (Phi) is 3.60. The minimum Gasteiger partial charge on any atom is -0.291 e. The second-order valence-corrected chi connectivity index (χ2v) is 8.11. The average Bonchev–Trinajstić information content (AvgIpc) is 3.07. The Labute approximate surface area is 121 Å². The molecule has 0 atom stereocenters. The molecule has 1 aromatic rings. The van der Waals surface area contributed by atoms with Gasteiger partial charge < -0.3 is 0 Å². The van der Waals surface area contributed by atoms with E-state index in [4.69, 9.17) is 0 Å². The van der Waals surface area contributed by atoms with Crippen LogP contribution >= 0.6 is 0 Å². The molecule has 1 heterocycles. The van der Waals surface area contributed by atoms with Crippen LogP contribution in [0.3, 0.4) is 0 Å². The van der Waals surface area contributed by atoms with E-state index >= 15 is 0 Å². The highest BCUT2D eigenvalue weighted by atomic mass is 32.2. The van der Waals surface area contributed by atoms with Crippen molar-refractivity contribution in [2.45, 2.75) is 38.4 Å². The zero-order valence-electron chi connectivity index (χ0n) is 12.1. The van der Waals surface area contributed by atoms with Crippen LogP contribution in [-0.2, 0) is 16.6 Å². The summed E-state index contributed by atoms with van der Waals surface area (Å²) in [6, 6.07) is 9.64. The van der Waals surface area contributed by atoms with Crippen LogP contribution < -0.4 is 0 Å². The third-order valence-electron chi connectivity index (χ3n) is 4.23. The van der Waals surface area contributed by atoms with Crippen LogP contribution in [0.25, 0.3) is 0 Å². The maximum Gasteiger partial charge on any atom is 0.211 e. The predicted molar refractivity (Wildman–Crippen MR) is 79.9 cm³/mol. The first kappa shape index (κ1) is 14.0. The van der Waals surface area contributed by atoms with Crippen molar-refractivity contribution in [2.75, 3.05) is 19.3 Å². The largest absolute Gasteiger partial charge is 0.291 e. The first-order chi connectivity index (χ1) is 9.43. The third kappa shape index (κ3) is 3.05. The van der Waals surface area contributed by atoms with Gasteiger partial charge >= 0.3 is 0 Å². The number of sulfonamides is 1. The molecule has 1 saturated heterocycles. The molecule has 0 radical (unpaired) electrons. The van der Waals surface area contributed by atoms with Crippen molar-refractivity contribution in [1.29, 1.82) is 0 Å². The van der Waals surface area contributed by atoms with Gasteiger partial charge in [0.25, 0.3) is 0 Å². The van der Waals surface area contributed by atoms with Crippen molar-refractivity contribution < 1.29 is 8.42 Å². The zero-order chi connectivity index (χ0) is 14.3. The number of nitrogens with zero attached hydrogens (tertiary/aromatic N) is 2. The smallest absolute Gasteiger partial charge is 0.211 e. The number of rotatable bonds is 5. The molecule has 1 saturated carbocycles. The molecule has 5 heteroatoms. The number of aryl methyl sites for hydroxylation is 1. The molecule has 0 N–H and O–H groups in total. The van der Waals surface area contributed by atoms with Gasteiger partial charge in [0.1, 0.15) is 0 Å². The van der Waals surface area contributed by atoms with Gasteiger partial charge in [-0.25, -0.2) is 8.42 Å². The van der Waals surface area contributed by atoms with Crippen LogP contribution in [-0.4, -0.2) is 49.1 Å². The lowest BCUT2D eigenvalue weighted by atomic mass is 10.1. The molecule has 110 valence electrons. The highest BCUT2D eigenvalue weighted by Gasteiger charge is 2.42. The van der Waals surface area contributed by atoms with E-state index in [1.54, 1.807) is 4.31 Å². The van der Waals surface area contributed by atoms with Crippen LogP contribution in [0.15, 0.2) is 24.3 Å². The molecule has 0 aromatic heterocycles. The fraction of sp³-hybridized carbons (Fsp3) is 0.600. The molecular formula is C15H22N2O2S. The van der Waals surface area contributed by atoms with E-state index in [-0.39, 0.29) is 0 Å². The third-order valence-corrected chi connectivity index (χ3v) is 5.47. The van der Waals surface area contributed by atoms with Gasteiger partial charge in [0, 0.05) is 31.7 Å². The van der Waals surface area contributed by atoms with E-state index in [1.807, 2.05) is 0 Å². The van der Waals surface area contributed by atoms with Gasteiger partial charge in [-0.1, -0.05) is 29.8 Å². The molecular weight excluding hydrogens is 272 g/mol. The summed E-state index contributed by atoms with van der Waals surface area (Å²) in [4.78, 5) is 2.50. The number of hydrogen-bond acceptors (Lipinski definition) is 3. The Hall–Kier alpha value is -0.910. The normalized spacial score (nSPS) is 21.1. The van der Waals surface area contributed by atoms with Crippen molar-refractivity contribution in [1.82, 2.24) is 9.21 Å². The van der Waals surface area contributed by atoms with Gasteiger partial charge in [0.2, 0.25) is 10.0 Å². The van der Waals surface area contributed by atoms with Crippen molar-refractivity contribution >= 4 is 10.0 Å². The Balaban J connectivity index is 1.66. The van der Waals surface area contributed by atoms with Gasteiger partial charge in [0.15, 0.2) is 0 Å². The molecule has 3 rings (SSSR count). The summed E-state index contributed by atoms with van der Waals surface area (Å²) in [6.07, 6.45) is 3.80. The Bertz CT molecular complexity index is 590. The van der Waals surface area contributed by atoms with Crippen molar-refractivity contribution in [3.63, 3.8) is 0 Å². The van der Waals surface area contributed by atoms with Gasteiger partial charge in [-0.3, -0.25) is 4.90 Å². The summed E-state index contributed by atoms with van der Waals surface area (Å²) in [5.74, 6) is 0. The molecule has 1 aromatic carbocycles. The summed E-state index contributed by atoms with van der Waals surface area (Å²) in [5.41, 5.74) is 2.61. The van der Waals surface area contributed by atoms with Gasteiger partial charge in [-0.15, -0.1) is 0 Å². The molecule has 0 unspecified atom stereocenters. The summed E-state index contributed by atoms with van der Waals surface area (Å²) >= 11 is 0. The van der Waals surface area contributed by atoms with Crippen molar-refractivity contribution in [2.24, 2.45) is 0 Å². The van der Waals surface area contributed by atoms with E-state index in [1.165, 1.54) is 30.2 Å². The molecule has 0 bridgehead atoms. The van der Waals surface area contributed by atoms with Crippen LogP contribution in [0.4, 0.5) is 0 Å². The second kappa shape index (κ2) is 5.13. The summed E-state index contributed by atoms with van der Waals surface area (Å²) in [7, 11) is -3.01. The topological polar surface area (TPSA) is 40.6 Å². The summed E-state index contributed by atoms with van der Waals surface area (Å²) < 4.78 is 24.5. The van der Waals surface area contributed by atoms with Crippen molar-refractivity contribution in [3.05, 3.63) is 35.4 Å². The first-order valence-electron chi connectivity index (χ1n) is 7.20. The lowest BCUT2D eigenvalue weighted by Gasteiger charge is -2.44. The monoisotopic (exact) mass is 294 g/mol. The Morgan fingerprint density at radius 1 is 1.25 bits per heavy atom. The highest BCUT2D eigenvalue weighted by molar-refractivity contribution is 7.88. The maximum atomic E-state index is 11.5. The van der Waals surface area contributed by atoms with E-state index in [9.17, 15) is 8.42 Å². The van der Waals surface area contributed by atoms with E-state index in [2.05, 4.69) is 36.1 Å². The minimum absolute atomic E-state index is 0.387. The molecule has 2 fully saturated rings. The summed E-state index contributed by atoms with van der Waals surface area (Å²) in [5, 5.41) is 0. The standard InChI is InChI=1S/C15H22N2O2S/c1-12-4-3-5-13(8-12)9-17(14-6-7-14)15-10-16(11-15)20(2,18)19/h3-5,8,14-15H,6-7,9-11H2,1-2H3. The minimum atomic E-state index is -3.01. The van der Waals surface area contributed by atoms with Crippen LogP contribution in [0.1, 0.15) is 24.0 Å². The quantitative estimate of drug-likeness (QED) is 0.828. The molecule has 4 nitrogen and oxygen atoms in total. The van der Waals surface area contributed by atoms with Crippen LogP contribution in [0, 0.1) is 6.92 Å². The SMILES string of the molecule is Cc1cccc(CN(C2CC2)C2CN(S(C)(=O)=O)C2)c1. The highest BCUT2D eigenvalue weighted by Crippen LogP contribution is 2.33. The zero-order valence-corrected chi connectivity index (χ0v) is 12.9. The Morgan fingerprint density at radius 2 is 1.95 bits per heavy atom. The van der Waals surface area contributed by atoms with E-state index in [0.29, 0.717) is 25.2 Å². The maximum absolute atomic E-state index is 11.5. The molecule has 0 spiro atoms. The average molecular weight is 294 g/mol.